The fraction of sp³-hybridized carbons (Fsp3) is 0.154. The van der Waals surface area contributed by atoms with Gasteiger partial charge >= 0.3 is 0 Å². The molecule has 0 aliphatic carbocycles. The Bertz CT molecular complexity index is 599. The first-order chi connectivity index (χ1) is 9.15. The van der Waals surface area contributed by atoms with Crippen molar-refractivity contribution in [1.82, 2.24) is 10.2 Å². The van der Waals surface area contributed by atoms with Crippen LogP contribution in [0.3, 0.4) is 0 Å². The highest BCUT2D eigenvalue weighted by Gasteiger charge is 2.14. The van der Waals surface area contributed by atoms with Crippen molar-refractivity contribution in [2.45, 2.75) is 0 Å². The highest BCUT2D eigenvalue weighted by molar-refractivity contribution is 6.07. The summed E-state index contributed by atoms with van der Waals surface area (Å²) in [5, 5.41) is 7.41. The summed E-state index contributed by atoms with van der Waals surface area (Å²) >= 11 is 0. The number of nitrogens with zero attached hydrogens (tertiary/aromatic N) is 2. The summed E-state index contributed by atoms with van der Waals surface area (Å²) < 4.78 is 23.1. The van der Waals surface area contributed by atoms with E-state index in [0.29, 0.717) is 5.88 Å². The molecule has 2 rings (SSSR count). The van der Waals surface area contributed by atoms with Crippen molar-refractivity contribution in [1.29, 1.82) is 0 Å². The lowest BCUT2D eigenvalue weighted by Gasteiger charge is -2.04. The zero-order valence-electron chi connectivity index (χ0n) is 10.4. The molecule has 0 aliphatic heterocycles. The number of ether oxygens (including phenoxy) is 2. The molecule has 0 bridgehead atoms. The smallest absolute Gasteiger partial charge is 0.233 e. The Labute approximate surface area is 109 Å². The number of methoxy groups -OCH3 is 2. The maximum Gasteiger partial charge on any atom is 0.233 e. The average molecular weight is 262 g/mol. The van der Waals surface area contributed by atoms with Crippen LogP contribution in [-0.4, -0.2) is 30.2 Å². The number of hydrogen-bond acceptors (Lipinski definition) is 5. The number of aromatic nitrogens is 2. The third kappa shape index (κ3) is 2.67. The lowest BCUT2D eigenvalue weighted by atomic mass is 10.1. The minimum atomic E-state index is -0.602. The molecule has 1 aromatic heterocycles. The van der Waals surface area contributed by atoms with Gasteiger partial charge in [0.25, 0.3) is 0 Å². The van der Waals surface area contributed by atoms with Crippen LogP contribution >= 0.6 is 0 Å². The molecule has 0 radical (unpaired) electrons. The minimum absolute atomic E-state index is 0.0809. The van der Waals surface area contributed by atoms with Crippen LogP contribution in [0.25, 0.3) is 0 Å². The predicted molar refractivity (Wildman–Crippen MR) is 65.0 cm³/mol. The van der Waals surface area contributed by atoms with Gasteiger partial charge < -0.3 is 9.47 Å². The van der Waals surface area contributed by atoms with Crippen LogP contribution in [0.5, 0.6) is 11.6 Å². The Balaban J connectivity index is 2.30. The molecule has 0 spiro atoms. The summed E-state index contributed by atoms with van der Waals surface area (Å²) in [4.78, 5) is 12.0. The molecular formula is C13H11FN2O3. The fourth-order valence-electron chi connectivity index (χ4n) is 1.51. The van der Waals surface area contributed by atoms with E-state index in [9.17, 15) is 9.18 Å². The molecule has 0 fully saturated rings. The zero-order chi connectivity index (χ0) is 13.8. The molecule has 0 amide bonds. The number of carbonyl (C=O) groups is 1. The van der Waals surface area contributed by atoms with Crippen molar-refractivity contribution in [3.8, 4) is 11.6 Å². The monoisotopic (exact) mass is 262 g/mol. The first kappa shape index (κ1) is 12.9. The summed E-state index contributed by atoms with van der Waals surface area (Å²) in [6, 6.07) is 6.94. The molecule has 1 heterocycles. The number of ketones is 1. The van der Waals surface area contributed by atoms with Crippen LogP contribution in [0.1, 0.15) is 16.1 Å². The average Bonchev–Trinajstić information content (AvgIpc) is 2.46. The van der Waals surface area contributed by atoms with Gasteiger partial charge in [-0.1, -0.05) is 0 Å². The van der Waals surface area contributed by atoms with E-state index >= 15 is 0 Å². The van der Waals surface area contributed by atoms with E-state index in [4.69, 9.17) is 9.47 Å². The Kier molecular flexibility index (Phi) is 3.70. The molecule has 2 aromatic rings. The van der Waals surface area contributed by atoms with Gasteiger partial charge in [0.15, 0.2) is 11.6 Å². The molecule has 0 atom stereocenters. The van der Waals surface area contributed by atoms with Crippen LogP contribution < -0.4 is 9.47 Å². The van der Waals surface area contributed by atoms with Crippen molar-refractivity contribution in [3.05, 3.63) is 47.4 Å². The third-order valence-electron chi connectivity index (χ3n) is 2.50. The highest BCUT2D eigenvalue weighted by atomic mass is 19.1. The summed E-state index contributed by atoms with van der Waals surface area (Å²) in [5.41, 5.74) is 0.295. The molecule has 98 valence electrons. The topological polar surface area (TPSA) is 61.3 Å². The molecule has 1 aromatic carbocycles. The number of rotatable bonds is 4. The van der Waals surface area contributed by atoms with Crippen molar-refractivity contribution in [3.63, 3.8) is 0 Å². The van der Waals surface area contributed by atoms with Crippen LogP contribution in [0.2, 0.25) is 0 Å². The largest absolute Gasteiger partial charge is 0.494 e. The van der Waals surface area contributed by atoms with Crippen LogP contribution in [-0.2, 0) is 0 Å². The van der Waals surface area contributed by atoms with Crippen molar-refractivity contribution < 1.29 is 18.7 Å². The van der Waals surface area contributed by atoms with Gasteiger partial charge in [-0.25, -0.2) is 4.39 Å². The minimum Gasteiger partial charge on any atom is -0.494 e. The molecular weight excluding hydrogens is 251 g/mol. The van der Waals surface area contributed by atoms with Gasteiger partial charge in [0.2, 0.25) is 11.7 Å². The molecule has 19 heavy (non-hydrogen) atoms. The lowest BCUT2D eigenvalue weighted by molar-refractivity contribution is 0.103. The molecule has 0 N–H and O–H groups in total. The molecule has 0 unspecified atom stereocenters. The van der Waals surface area contributed by atoms with Gasteiger partial charge in [-0.15, -0.1) is 10.2 Å². The molecule has 0 aliphatic rings. The standard InChI is InChI=1S/C13H11FN2O3/c1-18-11-5-3-8(7-9(11)14)13(17)10-4-6-12(19-2)16-15-10/h3-7H,1-2H3. The molecule has 5 nitrogen and oxygen atoms in total. The van der Waals surface area contributed by atoms with Gasteiger partial charge in [0.1, 0.15) is 5.69 Å². The van der Waals surface area contributed by atoms with Crippen LogP contribution in [0.15, 0.2) is 30.3 Å². The molecule has 6 heteroatoms. The quantitative estimate of drug-likeness (QED) is 0.787. The Morgan fingerprint density at radius 2 is 1.89 bits per heavy atom. The second kappa shape index (κ2) is 5.43. The van der Waals surface area contributed by atoms with Crippen molar-refractivity contribution in [2.75, 3.05) is 14.2 Å². The van der Waals surface area contributed by atoms with E-state index < -0.39 is 11.6 Å². The summed E-state index contributed by atoms with van der Waals surface area (Å²) in [6.07, 6.45) is 0. The van der Waals surface area contributed by atoms with Crippen molar-refractivity contribution >= 4 is 5.78 Å². The van der Waals surface area contributed by atoms with Gasteiger partial charge in [0, 0.05) is 11.6 Å². The first-order valence-corrected chi connectivity index (χ1v) is 5.41. The second-order valence-electron chi connectivity index (χ2n) is 3.64. The van der Waals surface area contributed by atoms with Crippen molar-refractivity contribution in [2.24, 2.45) is 0 Å². The number of benzene rings is 1. The van der Waals surface area contributed by atoms with E-state index in [-0.39, 0.29) is 17.0 Å². The maximum atomic E-state index is 13.5. The number of halogens is 1. The predicted octanol–water partition coefficient (Wildman–Crippen LogP) is 1.86. The van der Waals surface area contributed by atoms with Gasteiger partial charge in [-0.2, -0.15) is 0 Å². The fourth-order valence-corrected chi connectivity index (χ4v) is 1.51. The SMILES string of the molecule is COc1ccc(C(=O)c2ccc(OC)c(F)c2)nn1. The van der Waals surface area contributed by atoms with Crippen LogP contribution in [0, 0.1) is 5.82 Å². The lowest BCUT2D eigenvalue weighted by Crippen LogP contribution is -2.06. The summed E-state index contributed by atoms with van der Waals surface area (Å²) in [6.45, 7) is 0. The third-order valence-corrected chi connectivity index (χ3v) is 2.50. The van der Waals surface area contributed by atoms with Gasteiger partial charge in [0.05, 0.1) is 14.2 Å². The van der Waals surface area contributed by atoms with E-state index in [1.165, 1.54) is 38.5 Å². The maximum absolute atomic E-state index is 13.5. The Hall–Kier alpha value is -2.50. The highest BCUT2D eigenvalue weighted by Crippen LogP contribution is 2.19. The molecule has 0 saturated carbocycles. The summed E-state index contributed by atoms with van der Waals surface area (Å²) in [7, 11) is 2.80. The molecule has 0 saturated heterocycles. The Morgan fingerprint density at radius 3 is 2.42 bits per heavy atom. The van der Waals surface area contributed by atoms with E-state index in [1.54, 1.807) is 0 Å². The van der Waals surface area contributed by atoms with Gasteiger partial charge in [-0.05, 0) is 24.3 Å². The second-order valence-corrected chi connectivity index (χ2v) is 3.64. The first-order valence-electron chi connectivity index (χ1n) is 5.41. The van der Waals surface area contributed by atoms with E-state index in [2.05, 4.69) is 10.2 Å². The number of carbonyl (C=O) groups excluding carboxylic acids is 1. The number of hydrogen-bond donors (Lipinski definition) is 0. The normalized spacial score (nSPS) is 10.1. The van der Waals surface area contributed by atoms with E-state index in [1.807, 2.05) is 0 Å². The zero-order valence-corrected chi connectivity index (χ0v) is 10.4. The van der Waals surface area contributed by atoms with Crippen LogP contribution in [0.4, 0.5) is 4.39 Å². The van der Waals surface area contributed by atoms with Gasteiger partial charge in [-0.3, -0.25) is 4.79 Å². The van der Waals surface area contributed by atoms with E-state index in [0.717, 1.165) is 6.07 Å². The Morgan fingerprint density at radius 1 is 1.11 bits per heavy atom. The summed E-state index contributed by atoms with van der Waals surface area (Å²) in [5.74, 6) is -0.638.